The largest absolute Gasteiger partial charge is 0.327 e. The molecule has 1 heterocycles. The summed E-state index contributed by atoms with van der Waals surface area (Å²) in [5.41, 5.74) is 7.95. The molecule has 3 atom stereocenters. The van der Waals surface area contributed by atoms with E-state index < -0.39 is 0 Å². The van der Waals surface area contributed by atoms with Crippen LogP contribution in [0.3, 0.4) is 0 Å². The molecule has 2 fully saturated rings. The van der Waals surface area contributed by atoms with E-state index in [4.69, 9.17) is 17.3 Å². The van der Waals surface area contributed by atoms with Gasteiger partial charge in [-0.25, -0.2) is 0 Å². The van der Waals surface area contributed by atoms with Crippen LogP contribution in [0.2, 0.25) is 5.02 Å². The molecule has 2 aliphatic rings. The molecule has 1 saturated heterocycles. The van der Waals surface area contributed by atoms with Crippen molar-refractivity contribution in [2.45, 2.75) is 25.8 Å². The molecular formula is C16H22ClN3O. The van der Waals surface area contributed by atoms with Gasteiger partial charge in [-0.15, -0.1) is 0 Å². The number of fused-ring (bicyclic) bond motifs is 1. The molecule has 3 N–H and O–H groups in total. The number of nitrogens with zero attached hydrogens (tertiary/aromatic N) is 1. The van der Waals surface area contributed by atoms with Gasteiger partial charge < -0.3 is 11.1 Å². The van der Waals surface area contributed by atoms with Crippen LogP contribution in [-0.2, 0) is 4.79 Å². The van der Waals surface area contributed by atoms with Crippen molar-refractivity contribution >= 4 is 23.2 Å². The lowest BCUT2D eigenvalue weighted by Crippen LogP contribution is -2.34. The van der Waals surface area contributed by atoms with Gasteiger partial charge in [-0.05, 0) is 55.4 Å². The molecule has 3 unspecified atom stereocenters. The maximum atomic E-state index is 12.2. The number of halogens is 1. The normalized spacial score (nSPS) is 28.6. The SMILES string of the molecule is Cc1cc(Cl)ccc1NC(=O)CN1CC2CCC(N)C2C1. The average molecular weight is 308 g/mol. The molecule has 1 aromatic rings. The molecule has 21 heavy (non-hydrogen) atoms. The second kappa shape index (κ2) is 5.95. The lowest BCUT2D eigenvalue weighted by Gasteiger charge is -2.18. The number of carbonyl (C=O) groups is 1. The standard InChI is InChI=1S/C16H22ClN3O/c1-10-6-12(17)3-5-15(10)19-16(21)9-20-7-11-2-4-14(18)13(11)8-20/h3,5-6,11,13-14H,2,4,7-9,18H2,1H3,(H,19,21). The molecule has 0 radical (unpaired) electrons. The van der Waals surface area contributed by atoms with E-state index in [1.807, 2.05) is 19.1 Å². The molecular weight excluding hydrogens is 286 g/mol. The van der Waals surface area contributed by atoms with Gasteiger partial charge in [0, 0.05) is 29.8 Å². The van der Waals surface area contributed by atoms with Crippen LogP contribution in [0.5, 0.6) is 0 Å². The van der Waals surface area contributed by atoms with Gasteiger partial charge in [0.15, 0.2) is 0 Å². The molecule has 0 bridgehead atoms. The number of amides is 1. The Morgan fingerprint density at radius 1 is 1.43 bits per heavy atom. The third-order valence-electron chi connectivity index (χ3n) is 4.82. The Hall–Kier alpha value is -1.10. The van der Waals surface area contributed by atoms with Crippen molar-refractivity contribution in [3.05, 3.63) is 28.8 Å². The zero-order valence-corrected chi connectivity index (χ0v) is 13.1. The van der Waals surface area contributed by atoms with Crippen molar-refractivity contribution in [2.24, 2.45) is 17.6 Å². The van der Waals surface area contributed by atoms with E-state index in [0.29, 0.717) is 29.4 Å². The van der Waals surface area contributed by atoms with Crippen LogP contribution in [0.4, 0.5) is 5.69 Å². The number of hydrogen-bond acceptors (Lipinski definition) is 3. The Bertz CT molecular complexity index is 548. The number of likely N-dealkylation sites (tertiary alicyclic amines) is 1. The first-order valence-electron chi connectivity index (χ1n) is 7.57. The Kier molecular flexibility index (Phi) is 4.20. The third kappa shape index (κ3) is 3.23. The first-order chi connectivity index (χ1) is 10.0. The van der Waals surface area contributed by atoms with Gasteiger partial charge in [-0.2, -0.15) is 0 Å². The van der Waals surface area contributed by atoms with Gasteiger partial charge in [0.1, 0.15) is 0 Å². The molecule has 0 aromatic heterocycles. The summed E-state index contributed by atoms with van der Waals surface area (Å²) in [6, 6.07) is 5.82. The van der Waals surface area contributed by atoms with Crippen LogP contribution in [0.15, 0.2) is 18.2 Å². The monoisotopic (exact) mass is 307 g/mol. The van der Waals surface area contributed by atoms with Crippen molar-refractivity contribution in [3.63, 3.8) is 0 Å². The van der Waals surface area contributed by atoms with Crippen LogP contribution < -0.4 is 11.1 Å². The third-order valence-corrected chi connectivity index (χ3v) is 5.05. The number of anilines is 1. The zero-order valence-electron chi connectivity index (χ0n) is 12.3. The fraction of sp³-hybridized carbons (Fsp3) is 0.562. The molecule has 1 aliphatic heterocycles. The smallest absolute Gasteiger partial charge is 0.238 e. The summed E-state index contributed by atoms with van der Waals surface area (Å²) in [5.74, 6) is 1.30. The van der Waals surface area contributed by atoms with Crippen LogP contribution in [-0.4, -0.2) is 36.5 Å². The molecule has 1 saturated carbocycles. The molecule has 1 amide bonds. The maximum absolute atomic E-state index is 12.2. The molecule has 0 spiro atoms. The van der Waals surface area contributed by atoms with Gasteiger partial charge in [0.2, 0.25) is 5.91 Å². The van der Waals surface area contributed by atoms with Crippen molar-refractivity contribution in [2.75, 3.05) is 25.0 Å². The average Bonchev–Trinajstić information content (AvgIpc) is 2.95. The highest BCUT2D eigenvalue weighted by molar-refractivity contribution is 6.30. The van der Waals surface area contributed by atoms with Gasteiger partial charge in [-0.3, -0.25) is 9.69 Å². The summed E-state index contributed by atoms with van der Waals surface area (Å²) in [4.78, 5) is 14.4. The molecule has 4 nitrogen and oxygen atoms in total. The van der Waals surface area contributed by atoms with Crippen molar-refractivity contribution in [1.82, 2.24) is 4.90 Å². The Labute approximate surface area is 130 Å². The van der Waals surface area contributed by atoms with E-state index in [2.05, 4.69) is 10.2 Å². The quantitative estimate of drug-likeness (QED) is 0.900. The second-order valence-electron chi connectivity index (χ2n) is 6.37. The maximum Gasteiger partial charge on any atom is 0.238 e. The summed E-state index contributed by atoms with van der Waals surface area (Å²) in [7, 11) is 0. The van der Waals surface area contributed by atoms with E-state index in [-0.39, 0.29) is 5.91 Å². The predicted molar refractivity (Wildman–Crippen MR) is 85.4 cm³/mol. The number of aryl methyl sites for hydroxylation is 1. The number of benzene rings is 1. The number of hydrogen-bond donors (Lipinski definition) is 2. The van der Waals surface area contributed by atoms with Crippen molar-refractivity contribution in [1.29, 1.82) is 0 Å². The summed E-state index contributed by atoms with van der Waals surface area (Å²) >= 11 is 5.93. The van der Waals surface area contributed by atoms with E-state index in [1.54, 1.807) is 6.07 Å². The summed E-state index contributed by atoms with van der Waals surface area (Å²) in [6.45, 7) is 4.35. The Balaban J connectivity index is 1.55. The van der Waals surface area contributed by atoms with Gasteiger partial charge >= 0.3 is 0 Å². The highest BCUT2D eigenvalue weighted by Gasteiger charge is 2.41. The van der Waals surface area contributed by atoms with Gasteiger partial charge in [0.25, 0.3) is 0 Å². The Morgan fingerprint density at radius 2 is 2.24 bits per heavy atom. The van der Waals surface area contributed by atoms with E-state index in [0.717, 1.165) is 30.8 Å². The fourth-order valence-corrected chi connectivity index (χ4v) is 3.92. The van der Waals surface area contributed by atoms with Gasteiger partial charge in [0.05, 0.1) is 6.54 Å². The molecule has 3 rings (SSSR count). The molecule has 1 aliphatic carbocycles. The number of nitrogens with two attached hydrogens (primary N) is 1. The van der Waals surface area contributed by atoms with Crippen LogP contribution >= 0.6 is 11.6 Å². The minimum Gasteiger partial charge on any atom is -0.327 e. The second-order valence-corrected chi connectivity index (χ2v) is 6.80. The zero-order chi connectivity index (χ0) is 15.0. The van der Waals surface area contributed by atoms with Crippen molar-refractivity contribution in [3.8, 4) is 0 Å². The van der Waals surface area contributed by atoms with Crippen LogP contribution in [0.25, 0.3) is 0 Å². The summed E-state index contributed by atoms with van der Waals surface area (Å²) in [5, 5.41) is 3.66. The van der Waals surface area contributed by atoms with Crippen molar-refractivity contribution < 1.29 is 4.79 Å². The number of nitrogens with one attached hydrogen (secondary N) is 1. The molecule has 114 valence electrons. The van der Waals surface area contributed by atoms with Gasteiger partial charge in [-0.1, -0.05) is 11.6 Å². The minimum absolute atomic E-state index is 0.0361. The summed E-state index contributed by atoms with van der Waals surface area (Å²) < 4.78 is 0. The lowest BCUT2D eigenvalue weighted by molar-refractivity contribution is -0.117. The van der Waals surface area contributed by atoms with Crippen LogP contribution in [0.1, 0.15) is 18.4 Å². The van der Waals surface area contributed by atoms with E-state index in [1.165, 1.54) is 6.42 Å². The number of carbonyl (C=O) groups excluding carboxylic acids is 1. The lowest BCUT2D eigenvalue weighted by atomic mass is 9.98. The predicted octanol–water partition coefficient (Wildman–Crippen LogP) is 2.26. The first kappa shape index (κ1) is 14.8. The topological polar surface area (TPSA) is 58.4 Å². The highest BCUT2D eigenvalue weighted by atomic mass is 35.5. The number of rotatable bonds is 3. The molecule has 1 aromatic carbocycles. The van der Waals surface area contributed by atoms with E-state index in [9.17, 15) is 4.79 Å². The summed E-state index contributed by atoms with van der Waals surface area (Å²) in [6.07, 6.45) is 2.35. The highest BCUT2D eigenvalue weighted by Crippen LogP contribution is 2.36. The molecule has 5 heteroatoms. The Morgan fingerprint density at radius 3 is 2.95 bits per heavy atom. The van der Waals surface area contributed by atoms with Crippen LogP contribution in [0, 0.1) is 18.8 Å². The first-order valence-corrected chi connectivity index (χ1v) is 7.94. The fourth-order valence-electron chi connectivity index (χ4n) is 3.69. The minimum atomic E-state index is 0.0361. The van der Waals surface area contributed by atoms with E-state index >= 15 is 0 Å².